The van der Waals surface area contributed by atoms with Gasteiger partial charge < -0.3 is 5.32 Å². The lowest BCUT2D eigenvalue weighted by Gasteiger charge is -2.22. The number of hydrogen-bond donors (Lipinski definition) is 1. The van der Waals surface area contributed by atoms with Crippen molar-refractivity contribution in [3.63, 3.8) is 0 Å². The maximum atomic E-state index is 4.92. The zero-order valence-corrected chi connectivity index (χ0v) is 11.0. The van der Waals surface area contributed by atoms with Crippen LogP contribution in [-0.4, -0.2) is 11.5 Å². The zero-order valence-electron chi connectivity index (χ0n) is 10.2. The number of aromatic nitrogens is 1. The van der Waals surface area contributed by atoms with Gasteiger partial charge in [0, 0.05) is 10.3 Å². The summed E-state index contributed by atoms with van der Waals surface area (Å²) < 4.78 is 0. The molecular weight excluding hydrogens is 216 g/mol. The van der Waals surface area contributed by atoms with Gasteiger partial charge in [-0.25, -0.2) is 4.98 Å². The number of nitrogens with zero attached hydrogens (tertiary/aromatic N) is 1. The van der Waals surface area contributed by atoms with Crippen molar-refractivity contribution in [2.75, 3.05) is 6.54 Å². The molecule has 1 atom stereocenters. The Morgan fingerprint density at radius 2 is 2.25 bits per heavy atom. The molecule has 0 radical (unpaired) electrons. The number of hydrogen-bond acceptors (Lipinski definition) is 3. The fraction of sp³-hybridized carbons (Fsp3) is 0.769. The topological polar surface area (TPSA) is 24.9 Å². The van der Waals surface area contributed by atoms with Crippen LogP contribution < -0.4 is 5.32 Å². The quantitative estimate of drug-likeness (QED) is 0.810. The Bertz CT molecular complexity index is 389. The normalized spacial score (nSPS) is 28.0. The van der Waals surface area contributed by atoms with Gasteiger partial charge in [-0.15, -0.1) is 11.3 Å². The van der Waals surface area contributed by atoms with Crippen molar-refractivity contribution >= 4 is 11.3 Å². The molecule has 2 aliphatic rings. The molecule has 1 aliphatic carbocycles. The molecule has 16 heavy (non-hydrogen) atoms. The highest BCUT2D eigenvalue weighted by Crippen LogP contribution is 2.42. The van der Waals surface area contributed by atoms with E-state index in [4.69, 9.17) is 4.98 Å². The van der Waals surface area contributed by atoms with Gasteiger partial charge in [0.15, 0.2) is 0 Å². The van der Waals surface area contributed by atoms with E-state index in [0.717, 1.165) is 6.54 Å². The van der Waals surface area contributed by atoms with Gasteiger partial charge in [0.25, 0.3) is 0 Å². The number of piperidine rings is 1. The van der Waals surface area contributed by atoms with Gasteiger partial charge in [-0.2, -0.15) is 0 Å². The summed E-state index contributed by atoms with van der Waals surface area (Å²) in [6.07, 6.45) is 6.47. The van der Waals surface area contributed by atoms with Crippen LogP contribution in [0.5, 0.6) is 0 Å². The Balaban J connectivity index is 1.88. The summed E-state index contributed by atoms with van der Waals surface area (Å²) in [5.41, 5.74) is 1.71. The molecule has 0 bridgehead atoms. The molecule has 1 aromatic heterocycles. The van der Waals surface area contributed by atoms with E-state index in [1.54, 1.807) is 4.88 Å². The van der Waals surface area contributed by atoms with Crippen LogP contribution in [0.4, 0.5) is 0 Å². The average molecular weight is 236 g/mol. The summed E-state index contributed by atoms with van der Waals surface area (Å²) in [5.74, 6) is 0. The second kappa shape index (κ2) is 3.81. The monoisotopic (exact) mass is 236 g/mol. The minimum Gasteiger partial charge on any atom is -0.308 e. The smallest absolute Gasteiger partial charge is 0.110 e. The number of fused-ring (bicyclic) bond motifs is 1. The van der Waals surface area contributed by atoms with Crippen molar-refractivity contribution in [1.82, 2.24) is 10.3 Å². The third-order valence-corrected chi connectivity index (χ3v) is 5.17. The van der Waals surface area contributed by atoms with Crippen LogP contribution in [0.15, 0.2) is 0 Å². The molecule has 0 aromatic carbocycles. The molecule has 3 heteroatoms. The largest absolute Gasteiger partial charge is 0.308 e. The summed E-state index contributed by atoms with van der Waals surface area (Å²) in [6, 6.07) is 0.542. The molecule has 2 heterocycles. The minimum atomic E-state index is 0.318. The molecule has 0 saturated carbocycles. The SMILES string of the molecule is CC1(C)CCc2sc(C3CCCCN3)nc21. The molecule has 2 nitrogen and oxygen atoms in total. The first-order valence-electron chi connectivity index (χ1n) is 6.40. The van der Waals surface area contributed by atoms with Crippen LogP contribution in [-0.2, 0) is 11.8 Å². The van der Waals surface area contributed by atoms with Crippen LogP contribution >= 0.6 is 11.3 Å². The van der Waals surface area contributed by atoms with E-state index < -0.39 is 0 Å². The summed E-state index contributed by atoms with van der Waals surface area (Å²) in [4.78, 5) is 6.47. The Labute approximate surface area is 101 Å². The Morgan fingerprint density at radius 1 is 1.38 bits per heavy atom. The van der Waals surface area contributed by atoms with Gasteiger partial charge >= 0.3 is 0 Å². The molecule has 1 fully saturated rings. The van der Waals surface area contributed by atoms with Gasteiger partial charge in [0.2, 0.25) is 0 Å². The molecule has 1 aromatic rings. The van der Waals surface area contributed by atoms with Crippen molar-refractivity contribution in [3.8, 4) is 0 Å². The number of nitrogens with one attached hydrogen (secondary N) is 1. The maximum absolute atomic E-state index is 4.92. The number of thiazole rings is 1. The second-order valence-electron chi connectivity index (χ2n) is 5.71. The fourth-order valence-corrected chi connectivity index (χ4v) is 4.18. The van der Waals surface area contributed by atoms with Gasteiger partial charge in [-0.05, 0) is 32.2 Å². The highest BCUT2D eigenvalue weighted by molar-refractivity contribution is 7.11. The molecule has 1 saturated heterocycles. The van der Waals surface area contributed by atoms with Gasteiger partial charge in [0.05, 0.1) is 11.7 Å². The summed E-state index contributed by atoms with van der Waals surface area (Å²) >= 11 is 1.96. The Hall–Kier alpha value is -0.410. The zero-order chi connectivity index (χ0) is 11.2. The molecule has 3 rings (SSSR count). The minimum absolute atomic E-state index is 0.318. The molecule has 1 unspecified atom stereocenters. The summed E-state index contributed by atoms with van der Waals surface area (Å²) in [5, 5.41) is 4.94. The van der Waals surface area contributed by atoms with E-state index in [1.807, 2.05) is 11.3 Å². The molecule has 0 spiro atoms. The number of aryl methyl sites for hydroxylation is 1. The molecule has 88 valence electrons. The van der Waals surface area contributed by atoms with Gasteiger partial charge in [-0.1, -0.05) is 20.3 Å². The van der Waals surface area contributed by atoms with Crippen LogP contribution in [0.3, 0.4) is 0 Å². The van der Waals surface area contributed by atoms with Crippen molar-refractivity contribution in [3.05, 3.63) is 15.6 Å². The molecule has 0 amide bonds. The van der Waals surface area contributed by atoms with E-state index in [1.165, 1.54) is 42.8 Å². The highest BCUT2D eigenvalue weighted by atomic mass is 32.1. The van der Waals surface area contributed by atoms with Crippen molar-refractivity contribution in [1.29, 1.82) is 0 Å². The highest BCUT2D eigenvalue weighted by Gasteiger charge is 2.34. The lowest BCUT2D eigenvalue weighted by Crippen LogP contribution is -2.27. The third kappa shape index (κ3) is 1.70. The average Bonchev–Trinajstić information content (AvgIpc) is 2.82. The van der Waals surface area contributed by atoms with Crippen LogP contribution in [0.25, 0.3) is 0 Å². The van der Waals surface area contributed by atoms with Crippen LogP contribution in [0, 0.1) is 0 Å². The van der Waals surface area contributed by atoms with E-state index in [2.05, 4.69) is 19.2 Å². The lowest BCUT2D eigenvalue weighted by molar-refractivity contribution is 0.408. The Morgan fingerprint density at radius 3 is 2.94 bits per heavy atom. The Kier molecular flexibility index (Phi) is 2.55. The fourth-order valence-electron chi connectivity index (χ4n) is 2.82. The first-order valence-corrected chi connectivity index (χ1v) is 7.22. The predicted molar refractivity (Wildman–Crippen MR) is 68.1 cm³/mol. The van der Waals surface area contributed by atoms with E-state index in [0.29, 0.717) is 11.5 Å². The number of rotatable bonds is 1. The summed E-state index contributed by atoms with van der Waals surface area (Å²) in [6.45, 7) is 5.82. The standard InChI is InChI=1S/C13H20N2S/c1-13(2)7-6-10-11(13)15-12(16-10)9-5-3-4-8-14-9/h9,14H,3-8H2,1-2H3. The summed E-state index contributed by atoms with van der Waals surface area (Å²) in [7, 11) is 0. The molecular formula is C13H20N2S. The maximum Gasteiger partial charge on any atom is 0.110 e. The molecule has 1 N–H and O–H groups in total. The van der Waals surface area contributed by atoms with Gasteiger partial charge in [0.1, 0.15) is 5.01 Å². The van der Waals surface area contributed by atoms with Crippen LogP contribution in [0.2, 0.25) is 0 Å². The van der Waals surface area contributed by atoms with Crippen molar-refractivity contribution in [2.45, 2.75) is 57.4 Å². The van der Waals surface area contributed by atoms with Crippen LogP contribution in [0.1, 0.15) is 61.2 Å². The van der Waals surface area contributed by atoms with Crippen molar-refractivity contribution < 1.29 is 0 Å². The predicted octanol–water partition coefficient (Wildman–Crippen LogP) is 3.18. The van der Waals surface area contributed by atoms with E-state index >= 15 is 0 Å². The first kappa shape index (κ1) is 10.7. The second-order valence-corrected chi connectivity index (χ2v) is 6.83. The first-order chi connectivity index (χ1) is 7.67. The third-order valence-electron chi connectivity index (χ3n) is 3.94. The van der Waals surface area contributed by atoms with E-state index in [9.17, 15) is 0 Å². The van der Waals surface area contributed by atoms with E-state index in [-0.39, 0.29) is 0 Å². The van der Waals surface area contributed by atoms with Gasteiger partial charge in [-0.3, -0.25) is 0 Å². The van der Waals surface area contributed by atoms with Crippen molar-refractivity contribution in [2.24, 2.45) is 0 Å². The molecule has 1 aliphatic heterocycles. The lowest BCUT2D eigenvalue weighted by atomic mass is 9.91.